The summed E-state index contributed by atoms with van der Waals surface area (Å²) >= 11 is 5.51. The number of hydrogen-bond donors (Lipinski definition) is 1. The summed E-state index contributed by atoms with van der Waals surface area (Å²) < 4.78 is 1.22. The summed E-state index contributed by atoms with van der Waals surface area (Å²) in [7, 11) is 0. The number of thiophene rings is 1. The first-order valence-electron chi connectivity index (χ1n) is 6.68. The average Bonchev–Trinajstić information content (AvgIpc) is 2.84. The maximum Gasteiger partial charge on any atom is 0.0346 e. The molecule has 2 aromatic rings. The first-order chi connectivity index (χ1) is 9.11. The Kier molecular flexibility index (Phi) is 5.20. The predicted molar refractivity (Wildman–Crippen MR) is 88.9 cm³/mol. The predicted octanol–water partition coefficient (Wildman–Crippen LogP) is 5.29. The second kappa shape index (κ2) is 6.69. The molecule has 0 bridgehead atoms. The Hall–Kier alpha value is -0.640. The van der Waals surface area contributed by atoms with E-state index in [-0.39, 0.29) is 0 Å². The number of rotatable bonds is 5. The summed E-state index contributed by atoms with van der Waals surface area (Å²) in [6, 6.07) is 8.98. The maximum absolute atomic E-state index is 3.63. The fourth-order valence-electron chi connectivity index (χ4n) is 2.10. The molecular formula is C16H20BrNS. The van der Waals surface area contributed by atoms with Gasteiger partial charge in [-0.3, -0.25) is 0 Å². The molecule has 0 aliphatic heterocycles. The van der Waals surface area contributed by atoms with Gasteiger partial charge in [0.2, 0.25) is 0 Å². The third-order valence-electron chi connectivity index (χ3n) is 3.11. The van der Waals surface area contributed by atoms with E-state index in [1.54, 1.807) is 0 Å². The van der Waals surface area contributed by atoms with Crippen molar-refractivity contribution in [3.8, 4) is 10.4 Å². The number of aryl methyl sites for hydroxylation is 2. The largest absolute Gasteiger partial charge is 0.312 e. The van der Waals surface area contributed by atoms with Crippen molar-refractivity contribution in [2.24, 2.45) is 0 Å². The van der Waals surface area contributed by atoms with Crippen LogP contribution in [0.5, 0.6) is 0 Å². The van der Waals surface area contributed by atoms with Gasteiger partial charge in [-0.2, -0.15) is 0 Å². The molecule has 0 unspecified atom stereocenters. The van der Waals surface area contributed by atoms with E-state index in [0.717, 1.165) is 13.1 Å². The fraction of sp³-hybridized carbons (Fsp3) is 0.375. The monoisotopic (exact) mass is 337 g/mol. The average molecular weight is 338 g/mol. The van der Waals surface area contributed by atoms with E-state index in [1.165, 1.54) is 37.3 Å². The standard InChI is InChI=1S/C16H20BrNS/c1-4-7-18-10-14-5-6-15(19-14)13-8-11(2)16(17)12(3)9-13/h5-6,8-9,18H,4,7,10H2,1-3H3. The Bertz CT molecular complexity index is 537. The van der Waals surface area contributed by atoms with E-state index in [0.29, 0.717) is 0 Å². The fourth-order valence-corrected chi connectivity index (χ4v) is 3.30. The molecule has 0 saturated heterocycles. The van der Waals surface area contributed by atoms with E-state index >= 15 is 0 Å². The van der Waals surface area contributed by atoms with Gasteiger partial charge >= 0.3 is 0 Å². The Morgan fingerprint density at radius 3 is 2.47 bits per heavy atom. The zero-order valence-corrected chi connectivity index (χ0v) is 14.1. The maximum atomic E-state index is 3.63. The number of hydrogen-bond acceptors (Lipinski definition) is 2. The lowest BCUT2D eigenvalue weighted by Crippen LogP contribution is -2.12. The van der Waals surface area contributed by atoms with E-state index < -0.39 is 0 Å². The molecule has 0 aliphatic carbocycles. The lowest BCUT2D eigenvalue weighted by atomic mass is 10.1. The minimum absolute atomic E-state index is 0.979. The van der Waals surface area contributed by atoms with Gasteiger partial charge in [-0.1, -0.05) is 22.9 Å². The molecule has 1 N–H and O–H groups in total. The molecule has 1 aromatic heterocycles. The van der Waals surface area contributed by atoms with Gasteiger partial charge in [0.05, 0.1) is 0 Å². The number of nitrogens with one attached hydrogen (secondary N) is 1. The molecule has 0 spiro atoms. The first kappa shape index (κ1) is 14.8. The molecule has 0 aliphatic rings. The SMILES string of the molecule is CCCNCc1ccc(-c2cc(C)c(Br)c(C)c2)s1. The second-order valence-corrected chi connectivity index (χ2v) is 6.83. The second-order valence-electron chi connectivity index (χ2n) is 4.87. The van der Waals surface area contributed by atoms with Crippen LogP contribution in [-0.4, -0.2) is 6.54 Å². The summed E-state index contributed by atoms with van der Waals surface area (Å²) in [4.78, 5) is 2.76. The van der Waals surface area contributed by atoms with E-state index in [2.05, 4.69) is 66.3 Å². The summed E-state index contributed by atoms with van der Waals surface area (Å²) in [5.74, 6) is 0. The van der Waals surface area contributed by atoms with E-state index in [4.69, 9.17) is 0 Å². The van der Waals surface area contributed by atoms with Crippen LogP contribution in [0.2, 0.25) is 0 Å². The molecule has 1 heterocycles. The quantitative estimate of drug-likeness (QED) is 0.730. The van der Waals surface area contributed by atoms with Crippen molar-refractivity contribution in [3.05, 3.63) is 44.7 Å². The lowest BCUT2D eigenvalue weighted by Gasteiger charge is -2.06. The van der Waals surface area contributed by atoms with Crippen molar-refractivity contribution in [1.29, 1.82) is 0 Å². The third kappa shape index (κ3) is 3.68. The van der Waals surface area contributed by atoms with Crippen LogP contribution < -0.4 is 5.32 Å². The highest BCUT2D eigenvalue weighted by Crippen LogP contribution is 2.32. The van der Waals surface area contributed by atoms with Gasteiger partial charge in [-0.15, -0.1) is 11.3 Å². The minimum atomic E-state index is 0.979. The molecule has 1 nitrogen and oxygen atoms in total. The van der Waals surface area contributed by atoms with Crippen molar-refractivity contribution < 1.29 is 0 Å². The molecule has 19 heavy (non-hydrogen) atoms. The number of halogens is 1. The number of benzene rings is 1. The van der Waals surface area contributed by atoms with Crippen LogP contribution in [0.25, 0.3) is 10.4 Å². The van der Waals surface area contributed by atoms with Gasteiger partial charge in [0.25, 0.3) is 0 Å². The molecule has 0 radical (unpaired) electrons. The highest BCUT2D eigenvalue weighted by molar-refractivity contribution is 9.10. The van der Waals surface area contributed by atoms with Crippen molar-refractivity contribution in [2.45, 2.75) is 33.7 Å². The Labute approximate surface area is 128 Å². The molecular weight excluding hydrogens is 318 g/mol. The summed E-state index contributed by atoms with van der Waals surface area (Å²) in [5, 5.41) is 3.45. The molecule has 2 rings (SSSR count). The Balaban J connectivity index is 2.18. The van der Waals surface area contributed by atoms with Crippen LogP contribution in [0.4, 0.5) is 0 Å². The molecule has 3 heteroatoms. The molecule has 102 valence electrons. The van der Waals surface area contributed by atoms with E-state index in [1.807, 2.05) is 11.3 Å². The molecule has 1 aromatic carbocycles. The van der Waals surface area contributed by atoms with Gasteiger partial charge in [0.1, 0.15) is 0 Å². The van der Waals surface area contributed by atoms with Crippen molar-refractivity contribution in [1.82, 2.24) is 5.32 Å². The van der Waals surface area contributed by atoms with Crippen LogP contribution in [0, 0.1) is 13.8 Å². The molecule has 0 atom stereocenters. The Morgan fingerprint density at radius 2 is 1.84 bits per heavy atom. The van der Waals surface area contributed by atoms with Crippen molar-refractivity contribution in [3.63, 3.8) is 0 Å². The van der Waals surface area contributed by atoms with Gasteiger partial charge in [0.15, 0.2) is 0 Å². The highest BCUT2D eigenvalue weighted by Gasteiger charge is 2.07. The van der Waals surface area contributed by atoms with Gasteiger partial charge in [-0.05, 0) is 67.8 Å². The summed E-state index contributed by atoms with van der Waals surface area (Å²) in [5.41, 5.74) is 3.92. The molecule has 0 saturated carbocycles. The third-order valence-corrected chi connectivity index (χ3v) is 5.49. The van der Waals surface area contributed by atoms with Crippen LogP contribution in [0.1, 0.15) is 29.3 Å². The zero-order valence-electron chi connectivity index (χ0n) is 11.7. The summed E-state index contributed by atoms with van der Waals surface area (Å²) in [6.07, 6.45) is 1.18. The van der Waals surface area contributed by atoms with E-state index in [9.17, 15) is 0 Å². The topological polar surface area (TPSA) is 12.0 Å². The Morgan fingerprint density at radius 1 is 1.16 bits per heavy atom. The van der Waals surface area contributed by atoms with Crippen molar-refractivity contribution >= 4 is 27.3 Å². The van der Waals surface area contributed by atoms with Crippen LogP contribution in [0.15, 0.2) is 28.7 Å². The van der Waals surface area contributed by atoms with Crippen molar-refractivity contribution in [2.75, 3.05) is 6.54 Å². The molecule has 0 fully saturated rings. The normalized spacial score (nSPS) is 10.9. The van der Waals surface area contributed by atoms with Crippen LogP contribution >= 0.6 is 27.3 Å². The molecule has 0 amide bonds. The van der Waals surface area contributed by atoms with Crippen LogP contribution in [-0.2, 0) is 6.54 Å². The van der Waals surface area contributed by atoms with Gasteiger partial charge < -0.3 is 5.32 Å². The minimum Gasteiger partial charge on any atom is -0.312 e. The highest BCUT2D eigenvalue weighted by atomic mass is 79.9. The van der Waals surface area contributed by atoms with Gasteiger partial charge in [-0.25, -0.2) is 0 Å². The summed E-state index contributed by atoms with van der Waals surface area (Å²) in [6.45, 7) is 8.56. The van der Waals surface area contributed by atoms with Crippen LogP contribution in [0.3, 0.4) is 0 Å². The lowest BCUT2D eigenvalue weighted by molar-refractivity contribution is 0.681. The van der Waals surface area contributed by atoms with Gasteiger partial charge in [0, 0.05) is 20.8 Å². The zero-order chi connectivity index (χ0) is 13.8. The smallest absolute Gasteiger partial charge is 0.0346 e. The first-order valence-corrected chi connectivity index (χ1v) is 8.29.